The topological polar surface area (TPSA) is 55.4 Å². The summed E-state index contributed by atoms with van der Waals surface area (Å²) < 4.78 is 31.5. The van der Waals surface area contributed by atoms with Crippen molar-refractivity contribution in [3.8, 4) is 5.75 Å². The van der Waals surface area contributed by atoms with E-state index in [1.165, 1.54) is 0 Å². The van der Waals surface area contributed by atoms with Gasteiger partial charge in [-0.1, -0.05) is 19.1 Å². The number of hydrogen-bond donors (Lipinski definition) is 1. The Hall–Kier alpha value is -0.780. The van der Waals surface area contributed by atoms with Gasteiger partial charge in [0, 0.05) is 11.9 Å². The van der Waals surface area contributed by atoms with Crippen LogP contribution in [0.25, 0.3) is 0 Å². The van der Waals surface area contributed by atoms with Crippen molar-refractivity contribution in [1.29, 1.82) is 0 Å². The number of hydrogen-bond acceptors (Lipinski definition) is 3. The monoisotopic (exact) mass is 305 g/mol. The Morgan fingerprint density at radius 1 is 1.26 bits per heavy atom. The molecule has 0 saturated heterocycles. The minimum absolute atomic E-state index is 0.0387. The predicted octanol–water partition coefficient (Wildman–Crippen LogP) is 2.55. The van der Waals surface area contributed by atoms with E-state index in [0.29, 0.717) is 5.88 Å². The molecule has 1 N–H and O–H groups in total. The maximum Gasteiger partial charge on any atom is 0.212 e. The highest BCUT2D eigenvalue weighted by molar-refractivity contribution is 7.89. The minimum Gasteiger partial charge on any atom is -0.497 e. The summed E-state index contributed by atoms with van der Waals surface area (Å²) in [5, 5.41) is 0. The van der Waals surface area contributed by atoms with Crippen LogP contribution in [0.4, 0.5) is 0 Å². The molecule has 2 unspecified atom stereocenters. The van der Waals surface area contributed by atoms with E-state index < -0.39 is 10.0 Å². The smallest absolute Gasteiger partial charge is 0.212 e. The van der Waals surface area contributed by atoms with Gasteiger partial charge in [-0.2, -0.15) is 0 Å². The van der Waals surface area contributed by atoms with Crippen LogP contribution in [0.1, 0.15) is 25.5 Å². The van der Waals surface area contributed by atoms with Crippen LogP contribution >= 0.6 is 11.6 Å². The molecule has 0 aliphatic heterocycles. The second-order valence-corrected chi connectivity index (χ2v) is 6.76. The molecule has 0 amide bonds. The maximum atomic E-state index is 11.9. The van der Waals surface area contributed by atoms with Crippen molar-refractivity contribution in [3.05, 3.63) is 29.8 Å². The van der Waals surface area contributed by atoms with Gasteiger partial charge >= 0.3 is 0 Å². The normalized spacial score (nSPS) is 14.9. The molecule has 0 fully saturated rings. The fourth-order valence-corrected chi connectivity index (χ4v) is 3.57. The average molecular weight is 306 g/mol. The molecule has 0 aliphatic rings. The Morgan fingerprint density at radius 3 is 2.32 bits per heavy atom. The van der Waals surface area contributed by atoms with Crippen LogP contribution in [0.15, 0.2) is 24.3 Å². The summed E-state index contributed by atoms with van der Waals surface area (Å²) in [5.74, 6) is 1.05. The van der Waals surface area contributed by atoms with Gasteiger partial charge in [0.05, 0.1) is 12.9 Å². The van der Waals surface area contributed by atoms with Gasteiger partial charge in [-0.05, 0) is 30.5 Å². The molecule has 4 nitrogen and oxygen atoms in total. The Kier molecular flexibility index (Phi) is 6.10. The quantitative estimate of drug-likeness (QED) is 0.788. The van der Waals surface area contributed by atoms with Crippen LogP contribution in [0.5, 0.6) is 5.75 Å². The van der Waals surface area contributed by atoms with Crippen LogP contribution in [0.2, 0.25) is 0 Å². The third kappa shape index (κ3) is 5.38. The second-order valence-electron chi connectivity index (χ2n) is 4.65. The number of benzene rings is 1. The summed E-state index contributed by atoms with van der Waals surface area (Å²) in [4.78, 5) is 0. The molecule has 19 heavy (non-hydrogen) atoms. The Morgan fingerprint density at radius 2 is 1.84 bits per heavy atom. The van der Waals surface area contributed by atoms with E-state index in [-0.39, 0.29) is 17.7 Å². The fourth-order valence-electron chi connectivity index (χ4n) is 1.70. The molecule has 1 aromatic carbocycles. The zero-order chi connectivity index (χ0) is 14.5. The molecule has 0 aliphatic carbocycles. The van der Waals surface area contributed by atoms with Crippen molar-refractivity contribution in [2.24, 2.45) is 5.92 Å². The second kappa shape index (κ2) is 7.12. The number of halogens is 1. The summed E-state index contributed by atoms with van der Waals surface area (Å²) in [6.07, 6.45) is 0. The summed E-state index contributed by atoms with van der Waals surface area (Å²) in [7, 11) is -1.73. The van der Waals surface area contributed by atoms with Gasteiger partial charge in [0.1, 0.15) is 5.75 Å². The fraction of sp³-hybridized carbons (Fsp3) is 0.538. The summed E-state index contributed by atoms with van der Waals surface area (Å²) in [5.41, 5.74) is 0.892. The first-order chi connectivity index (χ1) is 8.88. The minimum atomic E-state index is -3.32. The summed E-state index contributed by atoms with van der Waals surface area (Å²) in [6.45, 7) is 3.62. The van der Waals surface area contributed by atoms with Gasteiger partial charge in [-0.15, -0.1) is 11.6 Å². The number of alkyl halides is 1. The zero-order valence-corrected chi connectivity index (χ0v) is 13.0. The molecular formula is C13H20ClNO3S. The van der Waals surface area contributed by atoms with Gasteiger partial charge in [0.25, 0.3) is 0 Å². The number of methoxy groups -OCH3 is 1. The van der Waals surface area contributed by atoms with Crippen molar-refractivity contribution in [3.63, 3.8) is 0 Å². The molecule has 0 spiro atoms. The maximum absolute atomic E-state index is 11.9. The van der Waals surface area contributed by atoms with Crippen molar-refractivity contribution < 1.29 is 13.2 Å². The third-order valence-electron chi connectivity index (χ3n) is 2.74. The Balaban J connectivity index is 2.70. The van der Waals surface area contributed by atoms with Crippen molar-refractivity contribution in [1.82, 2.24) is 4.72 Å². The summed E-state index contributed by atoms with van der Waals surface area (Å²) in [6, 6.07) is 7.02. The SMILES string of the molecule is COc1ccc(C(C)NS(=O)(=O)CC(C)CCl)cc1. The molecule has 108 valence electrons. The predicted molar refractivity (Wildman–Crippen MR) is 78.2 cm³/mol. The van der Waals surface area contributed by atoms with E-state index in [1.54, 1.807) is 7.11 Å². The standard InChI is InChI=1S/C13H20ClNO3S/c1-10(8-14)9-19(16,17)15-11(2)12-4-6-13(18-3)7-5-12/h4-7,10-11,15H,8-9H2,1-3H3. The number of rotatable bonds is 7. The molecule has 0 radical (unpaired) electrons. The molecule has 6 heteroatoms. The van der Waals surface area contributed by atoms with Crippen LogP contribution < -0.4 is 9.46 Å². The van der Waals surface area contributed by atoms with Crippen LogP contribution in [0.3, 0.4) is 0 Å². The van der Waals surface area contributed by atoms with Crippen molar-refractivity contribution >= 4 is 21.6 Å². The lowest BCUT2D eigenvalue weighted by Gasteiger charge is -2.16. The largest absolute Gasteiger partial charge is 0.497 e. The van der Waals surface area contributed by atoms with Gasteiger partial charge in [0.15, 0.2) is 0 Å². The van der Waals surface area contributed by atoms with E-state index in [1.807, 2.05) is 38.1 Å². The molecule has 2 atom stereocenters. The van der Waals surface area contributed by atoms with E-state index in [0.717, 1.165) is 11.3 Å². The van der Waals surface area contributed by atoms with Gasteiger partial charge in [0.2, 0.25) is 10.0 Å². The van der Waals surface area contributed by atoms with E-state index in [2.05, 4.69) is 4.72 Å². The number of nitrogens with one attached hydrogen (secondary N) is 1. The van der Waals surface area contributed by atoms with Crippen molar-refractivity contribution in [2.45, 2.75) is 19.9 Å². The van der Waals surface area contributed by atoms with Gasteiger partial charge in [-0.3, -0.25) is 0 Å². The van der Waals surface area contributed by atoms with Crippen LogP contribution in [-0.4, -0.2) is 27.2 Å². The third-order valence-corrected chi connectivity index (χ3v) is 4.99. The molecule has 0 heterocycles. The molecule has 0 saturated carbocycles. The lowest BCUT2D eigenvalue weighted by Crippen LogP contribution is -2.31. The van der Waals surface area contributed by atoms with Gasteiger partial charge < -0.3 is 4.74 Å². The average Bonchev–Trinajstić information content (AvgIpc) is 2.37. The first kappa shape index (κ1) is 16.3. The Labute approximate surface area is 120 Å². The molecule has 0 aromatic heterocycles. The number of sulfonamides is 1. The first-order valence-electron chi connectivity index (χ1n) is 6.08. The molecule has 1 rings (SSSR count). The summed E-state index contributed by atoms with van der Waals surface area (Å²) >= 11 is 5.64. The number of ether oxygens (including phenoxy) is 1. The zero-order valence-electron chi connectivity index (χ0n) is 11.4. The lowest BCUT2D eigenvalue weighted by atomic mass is 10.1. The van der Waals surface area contributed by atoms with E-state index >= 15 is 0 Å². The highest BCUT2D eigenvalue weighted by Gasteiger charge is 2.18. The highest BCUT2D eigenvalue weighted by Crippen LogP contribution is 2.18. The van der Waals surface area contributed by atoms with Gasteiger partial charge in [-0.25, -0.2) is 13.1 Å². The van der Waals surface area contributed by atoms with Crippen LogP contribution in [-0.2, 0) is 10.0 Å². The first-order valence-corrected chi connectivity index (χ1v) is 8.26. The highest BCUT2D eigenvalue weighted by atomic mass is 35.5. The lowest BCUT2D eigenvalue weighted by molar-refractivity contribution is 0.414. The van der Waals surface area contributed by atoms with E-state index in [9.17, 15) is 8.42 Å². The van der Waals surface area contributed by atoms with Crippen LogP contribution in [0, 0.1) is 5.92 Å². The van der Waals surface area contributed by atoms with E-state index in [4.69, 9.17) is 16.3 Å². The molecule has 1 aromatic rings. The molecular weight excluding hydrogens is 286 g/mol. The van der Waals surface area contributed by atoms with Crippen molar-refractivity contribution in [2.75, 3.05) is 18.7 Å². The Bertz CT molecular complexity index is 487. The molecule has 0 bridgehead atoms.